The lowest BCUT2D eigenvalue weighted by Crippen LogP contribution is -2.46. The average Bonchev–Trinajstić information content (AvgIpc) is 3.21. The second-order valence-corrected chi connectivity index (χ2v) is 15.9. The van der Waals surface area contributed by atoms with Crippen LogP contribution in [0.3, 0.4) is 0 Å². The minimum Gasteiger partial charge on any atom is -0.494 e. The second kappa shape index (κ2) is 22.2. The molecule has 0 radical (unpaired) electrons. The first kappa shape index (κ1) is 46.4. The number of unbranched alkanes of at least 4 members (excludes halogenated alkanes) is 2. The number of piperidine rings is 1. The summed E-state index contributed by atoms with van der Waals surface area (Å²) in [6.45, 7) is 16.5. The fraction of sp³-hybridized carbons (Fsp3) is 0.522. The van der Waals surface area contributed by atoms with Gasteiger partial charge in [-0.25, -0.2) is 4.79 Å². The number of methoxy groups -OCH3 is 1. The van der Waals surface area contributed by atoms with Crippen LogP contribution in [0.4, 0.5) is 16.2 Å². The highest BCUT2D eigenvalue weighted by Gasteiger charge is 2.27. The van der Waals surface area contributed by atoms with E-state index < -0.39 is 23.4 Å². The van der Waals surface area contributed by atoms with Crippen molar-refractivity contribution in [3.05, 3.63) is 76.9 Å². The van der Waals surface area contributed by atoms with Crippen LogP contribution >= 0.6 is 0 Å². The van der Waals surface area contributed by atoms with Crippen LogP contribution in [-0.2, 0) is 9.53 Å². The van der Waals surface area contributed by atoms with Gasteiger partial charge >= 0.3 is 6.09 Å². The number of carbonyl (C=O) groups is 4. The number of hydrogen-bond acceptors (Lipinski definition) is 10. The van der Waals surface area contributed by atoms with Crippen LogP contribution in [0.25, 0.3) is 0 Å². The standard InChI is InChI=1S/C46H65N5O8/c1-9-50(10-2)33-24-27-51(28-25-33)40(52)19-12-11-15-29-58-39-31-32(3)20-23-37(39)49(7)44(54)35-21-22-36(43(56-8)41(35)47)42(53)34-17-13-14-18-38(34)57-30-16-26-48-45(55)59-46(4,5)6/h13-14,17-18,20-23,31,33H,9-12,15-16,19,24-30,47H2,1-8H3,(H,48,55). The molecule has 322 valence electrons. The Balaban J connectivity index is 1.34. The van der Waals surface area contributed by atoms with Gasteiger partial charge in [0.1, 0.15) is 17.1 Å². The zero-order valence-electron chi connectivity index (χ0n) is 36.4. The quantitative estimate of drug-likeness (QED) is 0.0661. The number of nitrogen functional groups attached to an aromatic ring is 1. The third kappa shape index (κ3) is 13.1. The van der Waals surface area contributed by atoms with E-state index in [0.29, 0.717) is 54.8 Å². The Bertz CT molecular complexity index is 1880. The molecule has 1 aliphatic heterocycles. The highest BCUT2D eigenvalue weighted by atomic mass is 16.6. The maximum absolute atomic E-state index is 14.0. The van der Waals surface area contributed by atoms with Gasteiger partial charge in [0.15, 0.2) is 5.75 Å². The maximum Gasteiger partial charge on any atom is 0.407 e. The van der Waals surface area contributed by atoms with Gasteiger partial charge in [-0.2, -0.15) is 0 Å². The van der Waals surface area contributed by atoms with Gasteiger partial charge in [0.25, 0.3) is 5.91 Å². The molecule has 0 spiro atoms. The van der Waals surface area contributed by atoms with Crippen LogP contribution in [0, 0.1) is 6.92 Å². The molecule has 1 fully saturated rings. The molecular weight excluding hydrogens is 751 g/mol. The number of para-hydroxylation sites is 1. The Morgan fingerprint density at radius 3 is 2.19 bits per heavy atom. The van der Waals surface area contributed by atoms with E-state index in [1.807, 2.05) is 30.0 Å². The molecule has 59 heavy (non-hydrogen) atoms. The number of likely N-dealkylation sites (tertiary alicyclic amines) is 1. The van der Waals surface area contributed by atoms with Gasteiger partial charge < -0.3 is 44.7 Å². The number of rotatable bonds is 20. The Morgan fingerprint density at radius 1 is 0.847 bits per heavy atom. The topological polar surface area (TPSA) is 153 Å². The number of carbonyl (C=O) groups excluding carboxylic acids is 4. The van der Waals surface area contributed by atoms with Crippen LogP contribution < -0.4 is 30.2 Å². The van der Waals surface area contributed by atoms with Crippen LogP contribution in [0.1, 0.15) is 111 Å². The van der Waals surface area contributed by atoms with Crippen molar-refractivity contribution in [3.8, 4) is 17.2 Å². The molecule has 0 atom stereocenters. The zero-order valence-corrected chi connectivity index (χ0v) is 36.4. The number of nitrogens with two attached hydrogens (primary N) is 1. The van der Waals surface area contributed by atoms with Crippen molar-refractivity contribution in [2.45, 2.75) is 98.1 Å². The third-order valence-corrected chi connectivity index (χ3v) is 10.5. The van der Waals surface area contributed by atoms with E-state index in [1.54, 1.807) is 52.1 Å². The molecule has 0 bridgehead atoms. The summed E-state index contributed by atoms with van der Waals surface area (Å²) in [4.78, 5) is 58.8. The Morgan fingerprint density at radius 2 is 1.51 bits per heavy atom. The molecule has 0 saturated carbocycles. The molecule has 0 unspecified atom stereocenters. The summed E-state index contributed by atoms with van der Waals surface area (Å²) in [6, 6.07) is 16.1. The van der Waals surface area contributed by atoms with Gasteiger partial charge in [-0.15, -0.1) is 0 Å². The van der Waals surface area contributed by atoms with E-state index in [9.17, 15) is 19.2 Å². The molecule has 3 N–H and O–H groups in total. The van der Waals surface area contributed by atoms with E-state index in [4.69, 9.17) is 24.7 Å². The maximum atomic E-state index is 14.0. The largest absolute Gasteiger partial charge is 0.494 e. The van der Waals surface area contributed by atoms with Crippen LogP contribution in [0.5, 0.6) is 17.2 Å². The van der Waals surface area contributed by atoms with Gasteiger partial charge in [0.05, 0.1) is 48.4 Å². The molecule has 1 aliphatic rings. The number of hydrogen-bond donors (Lipinski definition) is 2. The molecule has 3 amide bonds. The first-order valence-corrected chi connectivity index (χ1v) is 20.9. The van der Waals surface area contributed by atoms with Crippen molar-refractivity contribution in [1.29, 1.82) is 0 Å². The van der Waals surface area contributed by atoms with E-state index in [1.165, 1.54) is 24.1 Å². The van der Waals surface area contributed by atoms with Gasteiger partial charge in [-0.1, -0.05) is 32.0 Å². The van der Waals surface area contributed by atoms with Crippen LogP contribution in [-0.4, -0.2) is 105 Å². The number of ketones is 1. The number of alkyl carbamates (subject to hydrolysis) is 1. The minimum absolute atomic E-state index is 0.0270. The molecule has 1 saturated heterocycles. The number of anilines is 2. The Labute approximate surface area is 350 Å². The second-order valence-electron chi connectivity index (χ2n) is 15.9. The summed E-state index contributed by atoms with van der Waals surface area (Å²) in [6.07, 6.45) is 4.99. The predicted molar refractivity (Wildman–Crippen MR) is 232 cm³/mol. The van der Waals surface area contributed by atoms with Crippen molar-refractivity contribution >= 4 is 35.1 Å². The fourth-order valence-corrected chi connectivity index (χ4v) is 7.29. The molecule has 1 heterocycles. The van der Waals surface area contributed by atoms with E-state index in [-0.39, 0.29) is 35.1 Å². The van der Waals surface area contributed by atoms with Crippen molar-refractivity contribution in [1.82, 2.24) is 15.1 Å². The SMILES string of the molecule is CCN(CC)C1CCN(C(=O)CCCCCOc2cc(C)ccc2N(C)C(=O)c2ccc(C(=O)c3ccccc3OCCCNC(=O)OC(C)(C)C)c(OC)c2N)CC1. The smallest absolute Gasteiger partial charge is 0.407 e. The molecule has 0 aliphatic carbocycles. The lowest BCUT2D eigenvalue weighted by atomic mass is 9.98. The first-order chi connectivity index (χ1) is 28.2. The molecule has 3 aromatic carbocycles. The molecule has 0 aromatic heterocycles. The highest BCUT2D eigenvalue weighted by molar-refractivity contribution is 6.16. The summed E-state index contributed by atoms with van der Waals surface area (Å²) < 4.78 is 23.1. The van der Waals surface area contributed by atoms with Gasteiger partial charge in [-0.05, 0) is 121 Å². The molecule has 4 rings (SSSR count). The molecule has 3 aromatic rings. The molecule has 13 nitrogen and oxygen atoms in total. The number of ether oxygens (including phenoxy) is 4. The van der Waals surface area contributed by atoms with Gasteiger partial charge in [-0.3, -0.25) is 14.4 Å². The van der Waals surface area contributed by atoms with E-state index in [2.05, 4.69) is 24.1 Å². The van der Waals surface area contributed by atoms with E-state index in [0.717, 1.165) is 63.8 Å². The molecular formula is C46H65N5O8. The average molecular weight is 816 g/mol. The summed E-state index contributed by atoms with van der Waals surface area (Å²) >= 11 is 0. The zero-order chi connectivity index (χ0) is 43.1. The lowest BCUT2D eigenvalue weighted by molar-refractivity contribution is -0.132. The highest BCUT2D eigenvalue weighted by Crippen LogP contribution is 2.36. The number of nitrogens with zero attached hydrogens (tertiary/aromatic N) is 3. The van der Waals surface area contributed by atoms with E-state index >= 15 is 0 Å². The summed E-state index contributed by atoms with van der Waals surface area (Å²) in [5.74, 6) is 0.429. The molecule has 13 heteroatoms. The number of nitrogens with one attached hydrogen (secondary N) is 1. The predicted octanol–water partition coefficient (Wildman–Crippen LogP) is 7.66. The normalized spacial score (nSPS) is 13.2. The summed E-state index contributed by atoms with van der Waals surface area (Å²) in [5, 5.41) is 2.69. The van der Waals surface area contributed by atoms with Crippen molar-refractivity contribution in [3.63, 3.8) is 0 Å². The monoisotopic (exact) mass is 815 g/mol. The minimum atomic E-state index is -0.597. The number of benzene rings is 3. The fourth-order valence-electron chi connectivity index (χ4n) is 7.29. The summed E-state index contributed by atoms with van der Waals surface area (Å²) in [5.41, 5.74) is 8.17. The number of aryl methyl sites for hydroxylation is 1. The first-order valence-electron chi connectivity index (χ1n) is 20.9. The lowest BCUT2D eigenvalue weighted by Gasteiger charge is -2.37. The van der Waals surface area contributed by atoms with Crippen molar-refractivity contribution in [2.75, 3.05) is 70.7 Å². The van der Waals surface area contributed by atoms with Crippen molar-refractivity contribution in [2.24, 2.45) is 0 Å². The van der Waals surface area contributed by atoms with Crippen LogP contribution in [0.15, 0.2) is 54.6 Å². The third-order valence-electron chi connectivity index (χ3n) is 10.5. The van der Waals surface area contributed by atoms with Crippen molar-refractivity contribution < 1.29 is 38.1 Å². The van der Waals surface area contributed by atoms with Gasteiger partial charge in [0.2, 0.25) is 11.7 Å². The summed E-state index contributed by atoms with van der Waals surface area (Å²) in [7, 11) is 3.05. The van der Waals surface area contributed by atoms with Gasteiger partial charge in [0, 0.05) is 39.1 Å². The van der Waals surface area contributed by atoms with Crippen LogP contribution in [0.2, 0.25) is 0 Å². The Hall–Kier alpha value is -5.30. The Kier molecular flexibility index (Phi) is 17.4. The number of amides is 3.